The highest BCUT2D eigenvalue weighted by molar-refractivity contribution is 5.88. The van der Waals surface area contributed by atoms with E-state index in [2.05, 4.69) is 37.9 Å². The van der Waals surface area contributed by atoms with Crippen molar-refractivity contribution in [2.45, 2.75) is 32.2 Å². The lowest BCUT2D eigenvalue weighted by Gasteiger charge is -2.26. The zero-order valence-corrected chi connectivity index (χ0v) is 14.5. The molecule has 0 atom stereocenters. The molecule has 3 rings (SSSR count). The first-order valence-corrected chi connectivity index (χ1v) is 8.67. The van der Waals surface area contributed by atoms with Crippen molar-refractivity contribution < 1.29 is 9.53 Å². The summed E-state index contributed by atoms with van der Waals surface area (Å²) in [5, 5.41) is 13.5. The van der Waals surface area contributed by atoms with E-state index in [1.165, 1.54) is 42.6 Å². The summed E-state index contributed by atoms with van der Waals surface area (Å²) in [6, 6.07) is 8.10. The lowest BCUT2D eigenvalue weighted by Crippen LogP contribution is -2.29. The number of hydrogen-bond donors (Lipinski definition) is 1. The highest BCUT2D eigenvalue weighted by atomic mass is 16.5. The third kappa shape index (κ3) is 5.25. The van der Waals surface area contributed by atoms with Crippen LogP contribution in [0.25, 0.3) is 0 Å². The molecule has 0 spiro atoms. The molecular weight excluding hydrogens is 320 g/mol. The van der Waals surface area contributed by atoms with Crippen LogP contribution in [0.15, 0.2) is 24.3 Å². The Labute approximate surface area is 147 Å². The van der Waals surface area contributed by atoms with E-state index in [4.69, 9.17) is 4.74 Å². The second kappa shape index (κ2) is 8.57. The first-order valence-electron chi connectivity index (χ1n) is 8.67. The molecule has 134 valence electrons. The molecule has 8 heteroatoms. The summed E-state index contributed by atoms with van der Waals surface area (Å²) in [4.78, 5) is 14.4. The number of benzene rings is 1. The Morgan fingerprint density at radius 2 is 2.12 bits per heavy atom. The molecule has 0 bridgehead atoms. The molecule has 1 aromatic carbocycles. The van der Waals surface area contributed by atoms with Crippen LogP contribution in [0.3, 0.4) is 0 Å². The standard InChI is InChI=1S/C17H24N6O2/c1-22-17(19-20-21-22)18-16(24)8-11-25-15-7-5-6-14(12-15)13-23-9-3-2-4-10-23/h5-7,12H,2-4,8-11,13H2,1H3,(H,18,19,21,24). The topological polar surface area (TPSA) is 85.2 Å². The van der Waals surface area contributed by atoms with E-state index in [1.54, 1.807) is 7.05 Å². The first kappa shape index (κ1) is 17.3. The van der Waals surface area contributed by atoms with Gasteiger partial charge in [0.05, 0.1) is 13.0 Å². The van der Waals surface area contributed by atoms with E-state index >= 15 is 0 Å². The number of nitrogens with zero attached hydrogens (tertiary/aromatic N) is 5. The van der Waals surface area contributed by atoms with Crippen molar-refractivity contribution in [3.05, 3.63) is 29.8 Å². The molecule has 25 heavy (non-hydrogen) atoms. The molecule has 1 aromatic heterocycles. The van der Waals surface area contributed by atoms with Gasteiger partial charge < -0.3 is 4.74 Å². The van der Waals surface area contributed by atoms with Crippen molar-refractivity contribution in [3.8, 4) is 5.75 Å². The van der Waals surface area contributed by atoms with Gasteiger partial charge in [-0.2, -0.15) is 0 Å². The molecule has 0 saturated carbocycles. The molecule has 2 heterocycles. The molecule has 1 fully saturated rings. The van der Waals surface area contributed by atoms with Gasteiger partial charge in [-0.1, -0.05) is 23.7 Å². The minimum atomic E-state index is -0.178. The van der Waals surface area contributed by atoms with Crippen LogP contribution < -0.4 is 10.1 Å². The lowest BCUT2D eigenvalue weighted by molar-refractivity contribution is -0.116. The molecule has 1 N–H and O–H groups in total. The van der Waals surface area contributed by atoms with Gasteiger partial charge >= 0.3 is 0 Å². The predicted molar refractivity (Wildman–Crippen MR) is 93.1 cm³/mol. The van der Waals surface area contributed by atoms with Crippen LogP contribution >= 0.6 is 0 Å². The van der Waals surface area contributed by atoms with Crippen molar-refractivity contribution in [1.82, 2.24) is 25.1 Å². The Hall–Kier alpha value is -2.48. The Balaban J connectivity index is 1.44. The minimum absolute atomic E-state index is 0.178. The Bertz CT molecular complexity index is 696. The summed E-state index contributed by atoms with van der Waals surface area (Å²) in [6.07, 6.45) is 4.15. The number of rotatable bonds is 7. The predicted octanol–water partition coefficient (Wildman–Crippen LogP) is 1.60. The number of hydrogen-bond acceptors (Lipinski definition) is 6. The molecular formula is C17H24N6O2. The van der Waals surface area contributed by atoms with Gasteiger partial charge in [-0.25, -0.2) is 4.68 Å². The van der Waals surface area contributed by atoms with E-state index in [1.807, 2.05) is 12.1 Å². The van der Waals surface area contributed by atoms with Crippen LogP contribution in [0.1, 0.15) is 31.2 Å². The fourth-order valence-corrected chi connectivity index (χ4v) is 2.89. The number of anilines is 1. The first-order chi connectivity index (χ1) is 12.2. The van der Waals surface area contributed by atoms with Crippen LogP contribution in [0.4, 0.5) is 5.95 Å². The van der Waals surface area contributed by atoms with E-state index < -0.39 is 0 Å². The Morgan fingerprint density at radius 1 is 1.28 bits per heavy atom. The Morgan fingerprint density at radius 3 is 2.88 bits per heavy atom. The molecule has 1 aliphatic heterocycles. The van der Waals surface area contributed by atoms with Gasteiger partial charge in [-0.3, -0.25) is 15.0 Å². The maximum Gasteiger partial charge on any atom is 0.249 e. The van der Waals surface area contributed by atoms with Crippen molar-refractivity contribution in [2.24, 2.45) is 7.05 Å². The van der Waals surface area contributed by atoms with E-state index in [0.717, 1.165) is 12.3 Å². The van der Waals surface area contributed by atoms with Crippen molar-refractivity contribution in [1.29, 1.82) is 0 Å². The second-order valence-electron chi connectivity index (χ2n) is 6.26. The summed E-state index contributed by atoms with van der Waals surface area (Å²) in [5.74, 6) is 0.943. The molecule has 1 saturated heterocycles. The number of tetrazole rings is 1. The highest BCUT2D eigenvalue weighted by Gasteiger charge is 2.11. The van der Waals surface area contributed by atoms with Crippen molar-refractivity contribution >= 4 is 11.9 Å². The summed E-state index contributed by atoms with van der Waals surface area (Å²) in [6.45, 7) is 3.60. The number of aromatic nitrogens is 4. The largest absolute Gasteiger partial charge is 0.493 e. The molecule has 8 nitrogen and oxygen atoms in total. The molecule has 1 aliphatic rings. The number of aryl methyl sites for hydroxylation is 1. The number of likely N-dealkylation sites (tertiary alicyclic amines) is 1. The van der Waals surface area contributed by atoms with Crippen LogP contribution in [0, 0.1) is 0 Å². The van der Waals surface area contributed by atoms with Crippen LogP contribution in [-0.4, -0.2) is 50.7 Å². The van der Waals surface area contributed by atoms with Gasteiger partial charge in [0.1, 0.15) is 5.75 Å². The lowest BCUT2D eigenvalue weighted by atomic mass is 10.1. The summed E-state index contributed by atoms with van der Waals surface area (Å²) >= 11 is 0. The molecule has 0 radical (unpaired) electrons. The van der Waals surface area contributed by atoms with Gasteiger partial charge in [-0.05, 0) is 54.1 Å². The smallest absolute Gasteiger partial charge is 0.249 e. The highest BCUT2D eigenvalue weighted by Crippen LogP contribution is 2.17. The average Bonchev–Trinajstić information content (AvgIpc) is 3.01. The summed E-state index contributed by atoms with van der Waals surface area (Å²) in [5.41, 5.74) is 1.24. The number of amides is 1. The Kier molecular flexibility index (Phi) is 5.95. The van der Waals surface area contributed by atoms with Crippen LogP contribution in [-0.2, 0) is 18.4 Å². The number of carbonyl (C=O) groups excluding carboxylic acids is 1. The molecule has 1 amide bonds. The summed E-state index contributed by atoms with van der Waals surface area (Å²) in [7, 11) is 1.67. The minimum Gasteiger partial charge on any atom is -0.493 e. The van der Waals surface area contributed by atoms with Crippen molar-refractivity contribution in [2.75, 3.05) is 25.0 Å². The maximum atomic E-state index is 11.9. The van der Waals surface area contributed by atoms with E-state index in [0.29, 0.717) is 12.6 Å². The zero-order valence-electron chi connectivity index (χ0n) is 14.5. The second-order valence-corrected chi connectivity index (χ2v) is 6.26. The molecule has 0 aliphatic carbocycles. The number of nitrogens with one attached hydrogen (secondary N) is 1. The van der Waals surface area contributed by atoms with Crippen molar-refractivity contribution in [3.63, 3.8) is 0 Å². The van der Waals surface area contributed by atoms with Crippen LogP contribution in [0.5, 0.6) is 5.75 Å². The fraction of sp³-hybridized carbons (Fsp3) is 0.529. The SMILES string of the molecule is Cn1nnnc1NC(=O)CCOc1cccc(CN2CCCCC2)c1. The monoisotopic (exact) mass is 344 g/mol. The number of carbonyl (C=O) groups is 1. The third-order valence-electron chi connectivity index (χ3n) is 4.22. The summed E-state index contributed by atoms with van der Waals surface area (Å²) < 4.78 is 7.12. The van der Waals surface area contributed by atoms with Gasteiger partial charge in [-0.15, -0.1) is 0 Å². The normalized spacial score (nSPS) is 15.1. The van der Waals surface area contributed by atoms with Gasteiger partial charge in [0.25, 0.3) is 0 Å². The van der Waals surface area contributed by atoms with Gasteiger partial charge in [0.2, 0.25) is 11.9 Å². The van der Waals surface area contributed by atoms with E-state index in [9.17, 15) is 4.79 Å². The van der Waals surface area contributed by atoms with Crippen LogP contribution in [0.2, 0.25) is 0 Å². The fourth-order valence-electron chi connectivity index (χ4n) is 2.89. The third-order valence-corrected chi connectivity index (χ3v) is 4.22. The maximum absolute atomic E-state index is 11.9. The zero-order chi connectivity index (χ0) is 17.5. The molecule has 0 unspecified atom stereocenters. The number of piperidine rings is 1. The quantitative estimate of drug-likeness (QED) is 0.821. The average molecular weight is 344 g/mol. The molecule has 2 aromatic rings. The van der Waals surface area contributed by atoms with Gasteiger partial charge in [0.15, 0.2) is 0 Å². The van der Waals surface area contributed by atoms with E-state index in [-0.39, 0.29) is 12.3 Å². The number of ether oxygens (including phenoxy) is 1. The van der Waals surface area contributed by atoms with Gasteiger partial charge in [0, 0.05) is 13.6 Å².